The largest absolute Gasteiger partial charge is 0.339 e. The van der Waals surface area contributed by atoms with Crippen molar-refractivity contribution in [3.8, 4) is 17.5 Å². The van der Waals surface area contributed by atoms with Crippen LogP contribution in [0.25, 0.3) is 11.4 Å². The molecule has 1 aliphatic heterocycles. The molecule has 1 aliphatic rings. The van der Waals surface area contributed by atoms with Crippen molar-refractivity contribution in [1.82, 2.24) is 19.3 Å². The molecule has 0 amide bonds. The third-order valence-corrected chi connectivity index (χ3v) is 3.80. The zero-order valence-corrected chi connectivity index (χ0v) is 12.2. The molecule has 0 aromatic carbocycles. The summed E-state index contributed by atoms with van der Waals surface area (Å²) in [4.78, 5) is 29.2. The lowest BCUT2D eigenvalue weighted by molar-refractivity contribution is 0.382. The molecule has 0 atom stereocenters. The second-order valence-electron chi connectivity index (χ2n) is 5.13. The Balaban J connectivity index is 2.32. The Morgan fingerprint density at radius 3 is 2.86 bits per heavy atom. The van der Waals surface area contributed by atoms with Crippen LogP contribution in [0.5, 0.6) is 0 Å². The van der Waals surface area contributed by atoms with Gasteiger partial charge < -0.3 is 4.52 Å². The Hall–Kier alpha value is -2.69. The van der Waals surface area contributed by atoms with Gasteiger partial charge in [-0.25, -0.2) is 9.36 Å². The average Bonchev–Trinajstić information content (AvgIpc) is 3.00. The minimum Gasteiger partial charge on any atom is -0.339 e. The SMILES string of the molecule is CCc1nc(-c2c3n(c(=O)n(CC#N)c2=O)CCCC3)no1. The van der Waals surface area contributed by atoms with E-state index in [0.29, 0.717) is 31.0 Å². The molecule has 2 aromatic heterocycles. The van der Waals surface area contributed by atoms with E-state index in [2.05, 4.69) is 10.1 Å². The van der Waals surface area contributed by atoms with Gasteiger partial charge in [-0.3, -0.25) is 9.36 Å². The molecule has 0 unspecified atom stereocenters. The molecule has 0 radical (unpaired) electrons. The van der Waals surface area contributed by atoms with E-state index in [0.717, 1.165) is 17.4 Å². The van der Waals surface area contributed by atoms with E-state index in [1.54, 1.807) is 4.57 Å². The van der Waals surface area contributed by atoms with Crippen LogP contribution in [0.15, 0.2) is 14.1 Å². The van der Waals surface area contributed by atoms with Crippen LogP contribution in [0.4, 0.5) is 0 Å². The van der Waals surface area contributed by atoms with Gasteiger partial charge in [-0.15, -0.1) is 0 Å². The molecule has 8 heteroatoms. The number of fused-ring (bicyclic) bond motifs is 1. The van der Waals surface area contributed by atoms with E-state index in [4.69, 9.17) is 9.78 Å². The van der Waals surface area contributed by atoms with Crippen molar-refractivity contribution in [3.05, 3.63) is 32.4 Å². The Labute approximate surface area is 125 Å². The van der Waals surface area contributed by atoms with Gasteiger partial charge in [0, 0.05) is 18.7 Å². The summed E-state index contributed by atoms with van der Waals surface area (Å²) in [5.41, 5.74) is -0.0516. The molecule has 22 heavy (non-hydrogen) atoms. The summed E-state index contributed by atoms with van der Waals surface area (Å²) in [7, 11) is 0. The smallest absolute Gasteiger partial charge is 0.332 e. The lowest BCUT2D eigenvalue weighted by atomic mass is 10.0. The van der Waals surface area contributed by atoms with Crippen LogP contribution in [0.2, 0.25) is 0 Å². The molecule has 8 nitrogen and oxygen atoms in total. The van der Waals surface area contributed by atoms with Gasteiger partial charge in [0.05, 0.1) is 6.07 Å². The second kappa shape index (κ2) is 5.60. The molecule has 3 heterocycles. The quantitative estimate of drug-likeness (QED) is 0.816. The molecule has 0 aliphatic carbocycles. The predicted octanol–water partition coefficient (Wildman–Crippen LogP) is 0.482. The van der Waals surface area contributed by atoms with Crippen LogP contribution < -0.4 is 11.2 Å². The minimum atomic E-state index is -0.525. The summed E-state index contributed by atoms with van der Waals surface area (Å²) in [6.07, 6.45) is 2.94. The second-order valence-corrected chi connectivity index (χ2v) is 5.13. The van der Waals surface area contributed by atoms with Crippen LogP contribution >= 0.6 is 0 Å². The van der Waals surface area contributed by atoms with E-state index in [1.165, 1.54) is 0 Å². The monoisotopic (exact) mass is 301 g/mol. The van der Waals surface area contributed by atoms with Gasteiger partial charge in [0.2, 0.25) is 11.7 Å². The molecular formula is C14H15N5O3. The standard InChI is InChI=1S/C14H15N5O3/c1-2-10-16-12(17-22-10)11-9-5-3-4-7-18(9)14(21)19(8-6-15)13(11)20/h2-5,7-8H2,1H3. The predicted molar refractivity (Wildman–Crippen MR) is 76.2 cm³/mol. The highest BCUT2D eigenvalue weighted by atomic mass is 16.5. The molecular weight excluding hydrogens is 286 g/mol. The van der Waals surface area contributed by atoms with Crippen molar-refractivity contribution in [1.29, 1.82) is 5.26 Å². The summed E-state index contributed by atoms with van der Waals surface area (Å²) >= 11 is 0. The molecule has 2 aromatic rings. The number of aryl methyl sites for hydroxylation is 1. The first kappa shape index (κ1) is 14.3. The molecule has 0 bridgehead atoms. The van der Waals surface area contributed by atoms with E-state index in [1.807, 2.05) is 13.0 Å². The van der Waals surface area contributed by atoms with E-state index < -0.39 is 11.2 Å². The van der Waals surface area contributed by atoms with Crippen molar-refractivity contribution >= 4 is 0 Å². The summed E-state index contributed by atoms with van der Waals surface area (Å²) in [5, 5.41) is 12.7. The normalized spacial score (nSPS) is 13.6. The van der Waals surface area contributed by atoms with E-state index >= 15 is 0 Å². The summed E-state index contributed by atoms with van der Waals surface area (Å²) in [5.74, 6) is 0.626. The van der Waals surface area contributed by atoms with Gasteiger partial charge in [-0.2, -0.15) is 10.2 Å². The Bertz CT molecular complexity index is 868. The summed E-state index contributed by atoms with van der Waals surface area (Å²) in [6.45, 7) is 2.12. The van der Waals surface area contributed by atoms with Gasteiger partial charge in [0.15, 0.2) is 0 Å². The Morgan fingerprint density at radius 2 is 2.18 bits per heavy atom. The lowest BCUT2D eigenvalue weighted by Crippen LogP contribution is -2.43. The average molecular weight is 301 g/mol. The zero-order valence-electron chi connectivity index (χ0n) is 12.2. The third kappa shape index (κ3) is 2.15. The van der Waals surface area contributed by atoms with Gasteiger partial charge in [0.1, 0.15) is 12.1 Å². The fraction of sp³-hybridized carbons (Fsp3) is 0.500. The highest BCUT2D eigenvalue weighted by Crippen LogP contribution is 2.21. The number of rotatable bonds is 3. The highest BCUT2D eigenvalue weighted by molar-refractivity contribution is 5.56. The maximum Gasteiger partial charge on any atom is 0.332 e. The van der Waals surface area contributed by atoms with Crippen LogP contribution in [0.1, 0.15) is 31.4 Å². The van der Waals surface area contributed by atoms with E-state index in [9.17, 15) is 9.59 Å². The number of aromatic nitrogens is 4. The Morgan fingerprint density at radius 1 is 1.36 bits per heavy atom. The van der Waals surface area contributed by atoms with Crippen molar-refractivity contribution in [2.45, 2.75) is 45.7 Å². The number of hydrogen-bond donors (Lipinski definition) is 0. The molecule has 0 saturated heterocycles. The number of nitrogens with zero attached hydrogens (tertiary/aromatic N) is 5. The fourth-order valence-corrected chi connectivity index (χ4v) is 2.73. The van der Waals surface area contributed by atoms with Crippen LogP contribution in [0, 0.1) is 11.3 Å². The van der Waals surface area contributed by atoms with Gasteiger partial charge in [-0.05, 0) is 19.3 Å². The minimum absolute atomic E-state index is 0.194. The molecule has 0 saturated carbocycles. The highest BCUT2D eigenvalue weighted by Gasteiger charge is 2.25. The first-order chi connectivity index (χ1) is 10.7. The number of hydrogen-bond acceptors (Lipinski definition) is 6. The van der Waals surface area contributed by atoms with Crippen molar-refractivity contribution in [2.75, 3.05) is 0 Å². The van der Waals surface area contributed by atoms with Crippen LogP contribution in [0.3, 0.4) is 0 Å². The third-order valence-electron chi connectivity index (χ3n) is 3.80. The maximum absolute atomic E-state index is 12.6. The van der Waals surface area contributed by atoms with E-state index in [-0.39, 0.29) is 17.9 Å². The molecule has 0 fully saturated rings. The molecule has 3 rings (SSSR count). The van der Waals surface area contributed by atoms with Crippen molar-refractivity contribution < 1.29 is 4.52 Å². The fourth-order valence-electron chi connectivity index (χ4n) is 2.73. The maximum atomic E-state index is 12.6. The van der Waals surface area contributed by atoms with Crippen molar-refractivity contribution in [3.63, 3.8) is 0 Å². The molecule has 0 N–H and O–H groups in total. The van der Waals surface area contributed by atoms with Gasteiger partial charge in [-0.1, -0.05) is 12.1 Å². The molecule has 0 spiro atoms. The molecule has 114 valence electrons. The zero-order chi connectivity index (χ0) is 15.7. The van der Waals surface area contributed by atoms with Gasteiger partial charge >= 0.3 is 5.69 Å². The van der Waals surface area contributed by atoms with Gasteiger partial charge in [0.25, 0.3) is 5.56 Å². The summed E-state index contributed by atoms with van der Waals surface area (Å²) < 4.78 is 7.57. The van der Waals surface area contributed by atoms with Crippen molar-refractivity contribution in [2.24, 2.45) is 0 Å². The van der Waals surface area contributed by atoms with Crippen LogP contribution in [-0.4, -0.2) is 19.3 Å². The topological polar surface area (TPSA) is 107 Å². The van der Waals surface area contributed by atoms with Crippen LogP contribution in [-0.2, 0) is 25.9 Å². The number of nitriles is 1. The lowest BCUT2D eigenvalue weighted by Gasteiger charge is -2.21. The summed E-state index contributed by atoms with van der Waals surface area (Å²) in [6, 6.07) is 1.85. The first-order valence-corrected chi connectivity index (χ1v) is 7.23. The Kier molecular flexibility index (Phi) is 3.63. The first-order valence-electron chi connectivity index (χ1n) is 7.23.